The van der Waals surface area contributed by atoms with Gasteiger partial charge in [0.2, 0.25) is 11.8 Å². The lowest BCUT2D eigenvalue weighted by atomic mass is 9.90. The van der Waals surface area contributed by atoms with Gasteiger partial charge in [-0.15, -0.1) is 0 Å². The number of amides is 2. The third-order valence-electron chi connectivity index (χ3n) is 11.7. The summed E-state index contributed by atoms with van der Waals surface area (Å²) in [4.78, 5) is 105. The van der Waals surface area contributed by atoms with Crippen molar-refractivity contribution in [2.24, 2.45) is 17.8 Å². The molecule has 0 radical (unpaired) electrons. The molecule has 0 fully saturated rings. The van der Waals surface area contributed by atoms with Gasteiger partial charge < -0.3 is 20.5 Å². The maximum Gasteiger partial charge on any atom is 0.224 e. The number of rotatable bonds is 32. The SMILES string of the molecule is CCCCC[C@H](CC(=O)CCCC(=O)c1ccc(-c2ccc(CCCC)cc2)cc1)C(=O)N[C@H](C(=O)C[C@@H](C)C(=O)N[C@@H](CC(C)=O)C(=O)CC(C)C(O)C(=O)CC)[C@@H](C)OC(C)(C)C. The summed E-state index contributed by atoms with van der Waals surface area (Å²) in [6.07, 6.45) is 3.78. The molecule has 2 unspecified atom stereocenters. The molecule has 0 saturated carbocycles. The monoisotopic (exact) mass is 903 g/mol. The summed E-state index contributed by atoms with van der Waals surface area (Å²) in [7, 11) is 0. The van der Waals surface area contributed by atoms with Gasteiger partial charge in [-0.25, -0.2) is 0 Å². The second-order valence-electron chi connectivity index (χ2n) is 19.0. The summed E-state index contributed by atoms with van der Waals surface area (Å²) in [5, 5.41) is 15.8. The Labute approximate surface area is 388 Å². The van der Waals surface area contributed by atoms with Gasteiger partial charge in [0.05, 0.1) is 17.7 Å². The molecule has 0 aliphatic heterocycles. The maximum atomic E-state index is 14.0. The molecule has 12 nitrogen and oxygen atoms in total. The number of aliphatic hydroxyl groups is 1. The fourth-order valence-corrected chi connectivity index (χ4v) is 7.85. The van der Waals surface area contributed by atoms with Gasteiger partial charge in [0.25, 0.3) is 0 Å². The third kappa shape index (κ3) is 20.6. The van der Waals surface area contributed by atoms with E-state index in [0.717, 1.165) is 43.2 Å². The Morgan fingerprint density at radius 1 is 0.662 bits per heavy atom. The molecule has 0 heterocycles. The molecule has 7 atom stereocenters. The van der Waals surface area contributed by atoms with Crippen molar-refractivity contribution in [1.82, 2.24) is 10.6 Å². The quantitative estimate of drug-likeness (QED) is 0.0472. The number of nitrogens with one attached hydrogen (secondary N) is 2. The van der Waals surface area contributed by atoms with Gasteiger partial charge in [0, 0.05) is 62.3 Å². The molecule has 0 aliphatic rings. The maximum absolute atomic E-state index is 14.0. The van der Waals surface area contributed by atoms with E-state index in [1.54, 1.807) is 20.8 Å². The lowest BCUT2D eigenvalue weighted by molar-refractivity contribution is -0.140. The Hall–Kier alpha value is -4.68. The average molecular weight is 903 g/mol. The van der Waals surface area contributed by atoms with Gasteiger partial charge in [0.1, 0.15) is 23.7 Å². The highest BCUT2D eigenvalue weighted by molar-refractivity contribution is 5.98. The number of carbonyl (C=O) groups is 8. The minimum Gasteiger partial charge on any atom is -0.385 e. The summed E-state index contributed by atoms with van der Waals surface area (Å²) in [5.74, 6) is -5.62. The number of aliphatic hydroxyl groups excluding tert-OH is 1. The van der Waals surface area contributed by atoms with Crippen molar-refractivity contribution in [3.05, 3.63) is 59.7 Å². The second-order valence-corrected chi connectivity index (χ2v) is 19.0. The van der Waals surface area contributed by atoms with Crippen molar-refractivity contribution in [2.45, 2.75) is 195 Å². The Balaban J connectivity index is 2.13. The van der Waals surface area contributed by atoms with E-state index in [0.29, 0.717) is 24.8 Å². The molecule has 65 heavy (non-hydrogen) atoms. The number of hydrogen-bond donors (Lipinski definition) is 3. The van der Waals surface area contributed by atoms with Crippen molar-refractivity contribution in [3.63, 3.8) is 0 Å². The van der Waals surface area contributed by atoms with E-state index >= 15 is 0 Å². The van der Waals surface area contributed by atoms with Crippen LogP contribution in [-0.4, -0.2) is 81.5 Å². The number of hydrogen-bond acceptors (Lipinski definition) is 10. The number of unbranched alkanes of at least 4 members (excludes halogenated alkanes) is 3. The molecule has 0 saturated heterocycles. The number of aryl methyl sites for hydroxylation is 1. The summed E-state index contributed by atoms with van der Waals surface area (Å²) < 4.78 is 6.14. The summed E-state index contributed by atoms with van der Waals surface area (Å²) in [6.45, 7) is 17.2. The van der Waals surface area contributed by atoms with Crippen LogP contribution in [0.15, 0.2) is 48.5 Å². The molecule has 0 aromatic heterocycles. The molecule has 2 aromatic rings. The van der Waals surface area contributed by atoms with E-state index in [4.69, 9.17) is 4.74 Å². The highest BCUT2D eigenvalue weighted by Gasteiger charge is 2.35. The van der Waals surface area contributed by atoms with Crippen molar-refractivity contribution >= 4 is 46.5 Å². The highest BCUT2D eigenvalue weighted by atomic mass is 16.5. The third-order valence-corrected chi connectivity index (χ3v) is 11.7. The first-order valence-electron chi connectivity index (χ1n) is 23.9. The fourth-order valence-electron chi connectivity index (χ4n) is 7.85. The molecule has 2 aromatic carbocycles. The molecule has 3 N–H and O–H groups in total. The standard InChI is InChI=1S/C53H78N2O10/c1-11-14-16-19-42(33-43(57)20-17-21-46(59)41-28-26-40(27-29-41)39-24-22-38(23-25-39)18-15-12-2)52(64)55-49(37(7)65-53(8,9)10)48(61)31-35(5)51(63)54-44(32-36(6)56)47(60)30-34(4)50(62)45(58)13-3/h22-29,34-35,37,42,44,49-50,62H,11-21,30-33H2,1-10H3,(H,54,63)(H,55,64)/t34?,35-,37-,42-,44+,49+,50?/m1/s1. The predicted octanol–water partition coefficient (Wildman–Crippen LogP) is 8.89. The van der Waals surface area contributed by atoms with E-state index in [1.807, 2.05) is 52.0 Å². The highest BCUT2D eigenvalue weighted by Crippen LogP contribution is 2.24. The minimum atomic E-state index is -1.36. The van der Waals surface area contributed by atoms with Gasteiger partial charge in [-0.3, -0.25) is 38.4 Å². The van der Waals surface area contributed by atoms with Crippen LogP contribution in [0.2, 0.25) is 0 Å². The number of carbonyl (C=O) groups excluding carboxylic acids is 8. The van der Waals surface area contributed by atoms with E-state index in [2.05, 4.69) is 41.8 Å². The minimum absolute atomic E-state index is 0.0578. The van der Waals surface area contributed by atoms with Gasteiger partial charge in [-0.1, -0.05) is 109 Å². The van der Waals surface area contributed by atoms with Crippen LogP contribution in [-0.2, 0) is 44.7 Å². The summed E-state index contributed by atoms with van der Waals surface area (Å²) >= 11 is 0. The van der Waals surface area contributed by atoms with Crippen LogP contribution >= 0.6 is 0 Å². The number of ketones is 6. The zero-order valence-corrected chi connectivity index (χ0v) is 40.9. The van der Waals surface area contributed by atoms with Gasteiger partial charge >= 0.3 is 0 Å². The lowest BCUT2D eigenvalue weighted by Crippen LogP contribution is -2.53. The zero-order chi connectivity index (χ0) is 48.9. The van der Waals surface area contributed by atoms with Crippen LogP contribution < -0.4 is 10.6 Å². The van der Waals surface area contributed by atoms with Crippen LogP contribution in [0.3, 0.4) is 0 Å². The van der Waals surface area contributed by atoms with Crippen molar-refractivity contribution < 1.29 is 48.2 Å². The number of benzene rings is 2. The van der Waals surface area contributed by atoms with Crippen LogP contribution in [0.5, 0.6) is 0 Å². The molecule has 2 amide bonds. The van der Waals surface area contributed by atoms with E-state index in [1.165, 1.54) is 19.4 Å². The van der Waals surface area contributed by atoms with Crippen LogP contribution in [0.4, 0.5) is 0 Å². The van der Waals surface area contributed by atoms with Gasteiger partial charge in [0.15, 0.2) is 23.1 Å². The molecular formula is C53H78N2O10. The molecule has 2 rings (SSSR count). The van der Waals surface area contributed by atoms with Crippen molar-refractivity contribution in [1.29, 1.82) is 0 Å². The van der Waals surface area contributed by atoms with E-state index in [-0.39, 0.29) is 62.3 Å². The average Bonchev–Trinajstić information content (AvgIpc) is 3.25. The number of Topliss-reactive ketones (excluding diaryl/α,β-unsaturated/α-hetero) is 6. The zero-order valence-electron chi connectivity index (χ0n) is 40.9. The predicted molar refractivity (Wildman–Crippen MR) is 254 cm³/mol. The lowest BCUT2D eigenvalue weighted by Gasteiger charge is -2.32. The summed E-state index contributed by atoms with van der Waals surface area (Å²) in [5.41, 5.74) is 3.27. The van der Waals surface area contributed by atoms with Crippen molar-refractivity contribution in [3.8, 4) is 11.1 Å². The molecule has 0 spiro atoms. The van der Waals surface area contributed by atoms with E-state index < -0.39 is 76.8 Å². The molecule has 12 heteroatoms. The normalized spacial score (nSPS) is 14.8. The summed E-state index contributed by atoms with van der Waals surface area (Å²) in [6, 6.07) is 13.6. The van der Waals surface area contributed by atoms with Crippen LogP contribution in [0, 0.1) is 17.8 Å². The Bertz CT molecular complexity index is 1880. The van der Waals surface area contributed by atoms with Crippen molar-refractivity contribution in [2.75, 3.05) is 0 Å². The van der Waals surface area contributed by atoms with Crippen LogP contribution in [0.1, 0.15) is 175 Å². The topological polar surface area (TPSA) is 190 Å². The Kier molecular flexibility index (Phi) is 24.6. The smallest absolute Gasteiger partial charge is 0.224 e. The largest absolute Gasteiger partial charge is 0.385 e. The molecular weight excluding hydrogens is 825 g/mol. The van der Waals surface area contributed by atoms with Gasteiger partial charge in [-0.05, 0) is 82.9 Å². The second kappa shape index (κ2) is 28.4. The molecule has 360 valence electrons. The number of ether oxygens (including phenoxy) is 1. The fraction of sp³-hybridized carbons (Fsp3) is 0.623. The first kappa shape index (κ1) is 56.4. The van der Waals surface area contributed by atoms with Gasteiger partial charge in [-0.2, -0.15) is 0 Å². The van der Waals surface area contributed by atoms with Crippen LogP contribution in [0.25, 0.3) is 11.1 Å². The Morgan fingerprint density at radius 3 is 1.82 bits per heavy atom. The Morgan fingerprint density at radius 2 is 1.26 bits per heavy atom. The first-order chi connectivity index (χ1) is 30.6. The molecule has 0 aliphatic carbocycles. The first-order valence-corrected chi connectivity index (χ1v) is 23.9. The van der Waals surface area contributed by atoms with E-state index in [9.17, 15) is 43.5 Å². The molecule has 0 bridgehead atoms.